The van der Waals surface area contributed by atoms with Crippen molar-refractivity contribution in [2.75, 3.05) is 40.9 Å². The molecule has 1 aliphatic rings. The topological polar surface area (TPSA) is 58.1 Å². The van der Waals surface area contributed by atoms with E-state index in [-0.39, 0.29) is 24.0 Å². The van der Waals surface area contributed by atoms with Crippen molar-refractivity contribution in [1.82, 2.24) is 15.5 Å². The van der Waals surface area contributed by atoms with E-state index in [2.05, 4.69) is 50.9 Å². The van der Waals surface area contributed by atoms with Gasteiger partial charge in [-0.25, -0.2) is 0 Å². The summed E-state index contributed by atoms with van der Waals surface area (Å²) in [5, 5.41) is 6.90. The zero-order chi connectivity index (χ0) is 20.5. The highest BCUT2D eigenvalue weighted by atomic mass is 127. The van der Waals surface area contributed by atoms with Crippen LogP contribution in [0.25, 0.3) is 0 Å². The fraction of sp³-hybridized carbons (Fsp3) is 0.435. The van der Waals surface area contributed by atoms with E-state index in [1.807, 2.05) is 18.2 Å². The molecular weight excluding hydrogens is 491 g/mol. The number of ether oxygens (including phenoxy) is 2. The molecule has 1 heterocycles. The molecule has 7 heteroatoms. The lowest BCUT2D eigenvalue weighted by molar-refractivity contribution is 0.245. The third-order valence-corrected chi connectivity index (χ3v) is 5.36. The summed E-state index contributed by atoms with van der Waals surface area (Å²) in [5.41, 5.74) is 2.45. The molecule has 6 nitrogen and oxygen atoms in total. The van der Waals surface area contributed by atoms with Gasteiger partial charge in [-0.15, -0.1) is 24.0 Å². The number of halogens is 1. The van der Waals surface area contributed by atoms with E-state index in [1.165, 1.54) is 18.4 Å². The SMILES string of the molecule is CN=C(NCc1ccc(OC)c(OC)c1)NCC(c1ccccc1)N1CCCC1.I. The molecule has 30 heavy (non-hydrogen) atoms. The summed E-state index contributed by atoms with van der Waals surface area (Å²) in [6.07, 6.45) is 2.55. The van der Waals surface area contributed by atoms with Crippen LogP contribution in [0, 0.1) is 0 Å². The van der Waals surface area contributed by atoms with E-state index in [4.69, 9.17) is 9.47 Å². The van der Waals surface area contributed by atoms with Gasteiger partial charge >= 0.3 is 0 Å². The Morgan fingerprint density at radius 2 is 1.70 bits per heavy atom. The quantitative estimate of drug-likeness (QED) is 0.313. The molecular formula is C23H33IN4O2. The van der Waals surface area contributed by atoms with Gasteiger partial charge in [-0.1, -0.05) is 36.4 Å². The van der Waals surface area contributed by atoms with Gasteiger partial charge in [0, 0.05) is 20.1 Å². The number of methoxy groups -OCH3 is 2. The summed E-state index contributed by atoms with van der Waals surface area (Å²) in [5.74, 6) is 2.25. The zero-order valence-electron chi connectivity index (χ0n) is 18.1. The summed E-state index contributed by atoms with van der Waals surface area (Å²) in [6.45, 7) is 3.77. The van der Waals surface area contributed by atoms with Gasteiger partial charge in [-0.05, 0) is 49.2 Å². The molecule has 1 atom stereocenters. The van der Waals surface area contributed by atoms with Gasteiger partial charge in [-0.3, -0.25) is 9.89 Å². The summed E-state index contributed by atoms with van der Waals surface area (Å²) >= 11 is 0. The van der Waals surface area contributed by atoms with Gasteiger partial charge in [0.1, 0.15) is 0 Å². The normalized spacial score (nSPS) is 15.2. The fourth-order valence-electron chi connectivity index (χ4n) is 3.78. The minimum absolute atomic E-state index is 0. The Morgan fingerprint density at radius 3 is 2.33 bits per heavy atom. The summed E-state index contributed by atoms with van der Waals surface area (Å²) in [4.78, 5) is 6.95. The maximum absolute atomic E-state index is 5.39. The van der Waals surface area contributed by atoms with Crippen molar-refractivity contribution in [1.29, 1.82) is 0 Å². The molecule has 164 valence electrons. The van der Waals surface area contributed by atoms with E-state index in [1.54, 1.807) is 21.3 Å². The number of benzene rings is 2. The predicted molar refractivity (Wildman–Crippen MR) is 133 cm³/mol. The van der Waals surface area contributed by atoms with Crippen LogP contribution in [-0.4, -0.2) is 51.8 Å². The van der Waals surface area contributed by atoms with Gasteiger partial charge in [0.15, 0.2) is 17.5 Å². The maximum atomic E-state index is 5.39. The van der Waals surface area contributed by atoms with Crippen LogP contribution in [0.2, 0.25) is 0 Å². The molecule has 0 spiro atoms. The molecule has 0 aliphatic carbocycles. The number of likely N-dealkylation sites (tertiary alicyclic amines) is 1. The Bertz CT molecular complexity index is 795. The second-order valence-electron chi connectivity index (χ2n) is 7.17. The molecule has 0 aromatic heterocycles. The van der Waals surface area contributed by atoms with Crippen molar-refractivity contribution in [2.45, 2.75) is 25.4 Å². The standard InChI is InChI=1S/C23H32N4O2.HI/c1-24-23(25-16-18-11-12-21(28-2)22(15-18)29-3)26-17-20(27-13-7-8-14-27)19-9-5-4-6-10-19;/h4-6,9-12,15,20H,7-8,13-14,16-17H2,1-3H3,(H2,24,25,26);1H. The van der Waals surface area contributed by atoms with Gasteiger partial charge in [0.2, 0.25) is 0 Å². The lowest BCUT2D eigenvalue weighted by atomic mass is 10.1. The molecule has 1 saturated heterocycles. The smallest absolute Gasteiger partial charge is 0.191 e. The molecule has 2 aromatic rings. The number of guanidine groups is 1. The number of nitrogens with zero attached hydrogens (tertiary/aromatic N) is 2. The Hall–Kier alpha value is -2.00. The first-order valence-corrected chi connectivity index (χ1v) is 10.2. The fourth-order valence-corrected chi connectivity index (χ4v) is 3.78. The van der Waals surface area contributed by atoms with E-state index < -0.39 is 0 Å². The van der Waals surface area contributed by atoms with E-state index in [0.717, 1.165) is 42.7 Å². The Kier molecular flexibility index (Phi) is 10.2. The molecule has 0 saturated carbocycles. The van der Waals surface area contributed by atoms with Crippen molar-refractivity contribution in [3.05, 3.63) is 59.7 Å². The average molecular weight is 524 g/mol. The first kappa shape index (κ1) is 24.3. The molecule has 1 aliphatic heterocycles. The van der Waals surface area contributed by atoms with Crippen molar-refractivity contribution in [3.8, 4) is 11.5 Å². The van der Waals surface area contributed by atoms with Crippen LogP contribution < -0.4 is 20.1 Å². The van der Waals surface area contributed by atoms with Crippen LogP contribution in [0.5, 0.6) is 11.5 Å². The minimum Gasteiger partial charge on any atom is -0.493 e. The summed E-state index contributed by atoms with van der Waals surface area (Å²) in [7, 11) is 5.10. The zero-order valence-corrected chi connectivity index (χ0v) is 20.4. The van der Waals surface area contributed by atoms with Crippen molar-refractivity contribution in [3.63, 3.8) is 0 Å². The Morgan fingerprint density at radius 1 is 1.00 bits per heavy atom. The molecule has 0 amide bonds. The first-order valence-electron chi connectivity index (χ1n) is 10.2. The molecule has 2 aromatic carbocycles. The minimum atomic E-state index is 0. The molecule has 2 N–H and O–H groups in total. The second kappa shape index (κ2) is 12.6. The van der Waals surface area contributed by atoms with E-state index in [9.17, 15) is 0 Å². The van der Waals surface area contributed by atoms with Gasteiger partial charge in [0.05, 0.1) is 20.3 Å². The van der Waals surface area contributed by atoms with Gasteiger partial charge < -0.3 is 20.1 Å². The highest BCUT2D eigenvalue weighted by Gasteiger charge is 2.23. The summed E-state index contributed by atoms with van der Waals surface area (Å²) in [6, 6.07) is 17.0. The number of hydrogen-bond acceptors (Lipinski definition) is 4. The van der Waals surface area contributed by atoms with Crippen molar-refractivity contribution >= 4 is 29.9 Å². The lowest BCUT2D eigenvalue weighted by Crippen LogP contribution is -2.42. The van der Waals surface area contributed by atoms with Crippen LogP contribution >= 0.6 is 24.0 Å². The number of rotatable bonds is 8. The van der Waals surface area contributed by atoms with Crippen LogP contribution in [0.3, 0.4) is 0 Å². The number of aliphatic imine (C=N–C) groups is 1. The van der Waals surface area contributed by atoms with Crippen molar-refractivity contribution < 1.29 is 9.47 Å². The van der Waals surface area contributed by atoms with Gasteiger partial charge in [0.25, 0.3) is 0 Å². The maximum Gasteiger partial charge on any atom is 0.191 e. The lowest BCUT2D eigenvalue weighted by Gasteiger charge is -2.29. The number of nitrogens with one attached hydrogen (secondary N) is 2. The highest BCUT2D eigenvalue weighted by molar-refractivity contribution is 14.0. The van der Waals surface area contributed by atoms with Crippen LogP contribution in [0.4, 0.5) is 0 Å². The van der Waals surface area contributed by atoms with Crippen LogP contribution in [0.1, 0.15) is 30.0 Å². The predicted octanol–water partition coefficient (Wildman–Crippen LogP) is 3.82. The molecule has 1 fully saturated rings. The highest BCUT2D eigenvalue weighted by Crippen LogP contribution is 2.27. The van der Waals surface area contributed by atoms with Crippen molar-refractivity contribution in [2.24, 2.45) is 4.99 Å². The van der Waals surface area contributed by atoms with E-state index in [0.29, 0.717) is 12.6 Å². The van der Waals surface area contributed by atoms with Crippen LogP contribution in [0.15, 0.2) is 53.5 Å². The Balaban J connectivity index is 0.00000320. The second-order valence-corrected chi connectivity index (χ2v) is 7.17. The monoisotopic (exact) mass is 524 g/mol. The molecule has 1 unspecified atom stereocenters. The van der Waals surface area contributed by atoms with E-state index >= 15 is 0 Å². The van der Waals surface area contributed by atoms with Crippen LogP contribution in [-0.2, 0) is 6.54 Å². The largest absolute Gasteiger partial charge is 0.493 e. The third-order valence-electron chi connectivity index (χ3n) is 5.36. The molecule has 0 radical (unpaired) electrons. The number of hydrogen-bond donors (Lipinski definition) is 2. The summed E-state index contributed by atoms with van der Waals surface area (Å²) < 4.78 is 10.7. The Labute approximate surface area is 197 Å². The third kappa shape index (κ3) is 6.50. The first-order chi connectivity index (χ1) is 14.2. The molecule has 3 rings (SSSR count). The van der Waals surface area contributed by atoms with Gasteiger partial charge in [-0.2, -0.15) is 0 Å². The molecule has 0 bridgehead atoms. The average Bonchev–Trinajstić information content (AvgIpc) is 3.31.